The van der Waals surface area contributed by atoms with E-state index in [1.54, 1.807) is 16.8 Å². The highest BCUT2D eigenvalue weighted by Crippen LogP contribution is 2.17. The third-order valence-electron chi connectivity index (χ3n) is 3.97. The minimum atomic E-state index is -0.328. The summed E-state index contributed by atoms with van der Waals surface area (Å²) in [5.74, 6) is -0.0333. The van der Waals surface area contributed by atoms with Crippen LogP contribution in [0.3, 0.4) is 0 Å². The molecule has 1 aromatic rings. The van der Waals surface area contributed by atoms with Crippen molar-refractivity contribution in [1.29, 1.82) is 0 Å². The van der Waals surface area contributed by atoms with Crippen LogP contribution in [0.25, 0.3) is 0 Å². The topological polar surface area (TPSA) is 49.9 Å². The maximum atomic E-state index is 12.1. The maximum absolute atomic E-state index is 12.1. The summed E-state index contributed by atoms with van der Waals surface area (Å²) in [6.07, 6.45) is 1.17. The van der Waals surface area contributed by atoms with E-state index in [1.165, 1.54) is 0 Å². The van der Waals surface area contributed by atoms with Crippen molar-refractivity contribution in [3.8, 4) is 0 Å². The van der Waals surface area contributed by atoms with E-state index in [-0.39, 0.29) is 30.5 Å². The van der Waals surface area contributed by atoms with Crippen LogP contribution in [0.1, 0.15) is 18.4 Å². The monoisotopic (exact) mass is 324 g/mol. The van der Waals surface area contributed by atoms with Gasteiger partial charge in [-0.2, -0.15) is 0 Å². The largest absolute Gasteiger partial charge is 0.445 e. The molecule has 0 atom stereocenters. The molecule has 2 amide bonds. The van der Waals surface area contributed by atoms with Crippen molar-refractivity contribution in [2.75, 3.05) is 26.0 Å². The number of halogens is 1. The molecule has 0 bridgehead atoms. The molecule has 1 aliphatic rings. The lowest BCUT2D eigenvalue weighted by Gasteiger charge is -2.36. The molecular weight excluding hydrogens is 304 g/mol. The standard InChI is InChI=1S/C16H21ClN2O3/c1-18(14-7-9-19(10-8-14)15(20)11-17)16(21)22-12-13-5-3-2-4-6-13/h2-6,14H,7-12H2,1H3. The lowest BCUT2D eigenvalue weighted by molar-refractivity contribution is -0.129. The molecule has 1 heterocycles. The Morgan fingerprint density at radius 3 is 2.50 bits per heavy atom. The Morgan fingerprint density at radius 2 is 1.91 bits per heavy atom. The van der Waals surface area contributed by atoms with Crippen molar-refractivity contribution in [1.82, 2.24) is 9.80 Å². The molecule has 6 heteroatoms. The molecular formula is C16H21ClN2O3. The highest BCUT2D eigenvalue weighted by atomic mass is 35.5. The van der Waals surface area contributed by atoms with Crippen LogP contribution in [0, 0.1) is 0 Å². The van der Waals surface area contributed by atoms with Gasteiger partial charge in [0, 0.05) is 26.2 Å². The van der Waals surface area contributed by atoms with Gasteiger partial charge in [0.25, 0.3) is 0 Å². The summed E-state index contributed by atoms with van der Waals surface area (Å²) in [6.45, 7) is 1.53. The fraction of sp³-hybridized carbons (Fsp3) is 0.500. The van der Waals surface area contributed by atoms with Crippen LogP contribution in [-0.2, 0) is 16.1 Å². The number of alkyl halides is 1. The zero-order chi connectivity index (χ0) is 15.9. The first-order chi connectivity index (χ1) is 10.6. The quantitative estimate of drug-likeness (QED) is 0.800. The Bertz CT molecular complexity index is 501. The van der Waals surface area contributed by atoms with E-state index in [0.717, 1.165) is 18.4 Å². The van der Waals surface area contributed by atoms with Crippen molar-refractivity contribution in [2.45, 2.75) is 25.5 Å². The third-order valence-corrected chi connectivity index (χ3v) is 4.20. The number of likely N-dealkylation sites (tertiary alicyclic amines) is 1. The van der Waals surface area contributed by atoms with E-state index in [2.05, 4.69) is 0 Å². The molecule has 2 rings (SSSR count). The highest BCUT2D eigenvalue weighted by Gasteiger charge is 2.27. The van der Waals surface area contributed by atoms with E-state index < -0.39 is 0 Å². The van der Waals surface area contributed by atoms with E-state index in [9.17, 15) is 9.59 Å². The Labute approximate surface area is 135 Å². The van der Waals surface area contributed by atoms with Gasteiger partial charge < -0.3 is 14.5 Å². The molecule has 1 aromatic carbocycles. The first-order valence-electron chi connectivity index (χ1n) is 7.39. The Hall–Kier alpha value is -1.75. The molecule has 0 saturated carbocycles. The predicted molar refractivity (Wildman–Crippen MR) is 84.7 cm³/mol. The van der Waals surface area contributed by atoms with Crippen LogP contribution in [0.15, 0.2) is 30.3 Å². The van der Waals surface area contributed by atoms with Crippen LogP contribution in [-0.4, -0.2) is 53.9 Å². The van der Waals surface area contributed by atoms with Gasteiger partial charge in [0.05, 0.1) is 0 Å². The number of carbonyl (C=O) groups is 2. The van der Waals surface area contributed by atoms with Gasteiger partial charge in [0.2, 0.25) is 5.91 Å². The lowest BCUT2D eigenvalue weighted by atomic mass is 10.0. The molecule has 120 valence electrons. The molecule has 0 unspecified atom stereocenters. The van der Waals surface area contributed by atoms with Crippen LogP contribution >= 0.6 is 11.6 Å². The van der Waals surface area contributed by atoms with Gasteiger partial charge in [-0.25, -0.2) is 4.79 Å². The Morgan fingerprint density at radius 1 is 1.27 bits per heavy atom. The van der Waals surface area contributed by atoms with Crippen molar-refractivity contribution >= 4 is 23.6 Å². The van der Waals surface area contributed by atoms with Gasteiger partial charge in [-0.1, -0.05) is 30.3 Å². The highest BCUT2D eigenvalue weighted by molar-refractivity contribution is 6.27. The van der Waals surface area contributed by atoms with Crippen molar-refractivity contribution < 1.29 is 14.3 Å². The number of benzene rings is 1. The molecule has 0 spiro atoms. The summed E-state index contributed by atoms with van der Waals surface area (Å²) < 4.78 is 5.32. The first-order valence-corrected chi connectivity index (χ1v) is 7.92. The SMILES string of the molecule is CN(C(=O)OCc1ccccc1)C1CCN(C(=O)CCl)CC1. The molecule has 1 saturated heterocycles. The molecule has 0 aromatic heterocycles. The van der Waals surface area contributed by atoms with Gasteiger partial charge in [0.1, 0.15) is 12.5 Å². The van der Waals surface area contributed by atoms with Gasteiger partial charge in [-0.15, -0.1) is 11.6 Å². The number of hydrogen-bond acceptors (Lipinski definition) is 3. The second-order valence-corrected chi connectivity index (χ2v) is 5.66. The summed E-state index contributed by atoms with van der Waals surface area (Å²) in [4.78, 5) is 27.0. The Kier molecular flexibility index (Phi) is 6.07. The average molecular weight is 325 g/mol. The summed E-state index contributed by atoms with van der Waals surface area (Å²) in [7, 11) is 1.75. The van der Waals surface area contributed by atoms with E-state index >= 15 is 0 Å². The summed E-state index contributed by atoms with van der Waals surface area (Å²) in [5, 5.41) is 0. The second kappa shape index (κ2) is 8.03. The molecule has 0 N–H and O–H groups in total. The number of amides is 2. The summed E-state index contributed by atoms with van der Waals surface area (Å²) in [5.41, 5.74) is 0.965. The Balaban J connectivity index is 1.78. The average Bonchev–Trinajstić information content (AvgIpc) is 2.59. The minimum Gasteiger partial charge on any atom is -0.445 e. The molecule has 22 heavy (non-hydrogen) atoms. The van der Waals surface area contributed by atoms with Crippen LogP contribution in [0.4, 0.5) is 4.79 Å². The van der Waals surface area contributed by atoms with E-state index in [1.807, 2.05) is 30.3 Å². The van der Waals surface area contributed by atoms with Gasteiger partial charge in [-0.05, 0) is 18.4 Å². The van der Waals surface area contributed by atoms with Gasteiger partial charge in [-0.3, -0.25) is 4.79 Å². The molecule has 1 aliphatic heterocycles. The first kappa shape index (κ1) is 16.6. The smallest absolute Gasteiger partial charge is 0.410 e. The molecule has 5 nitrogen and oxygen atoms in total. The van der Waals surface area contributed by atoms with Gasteiger partial charge in [0.15, 0.2) is 0 Å². The third kappa shape index (κ3) is 4.37. The van der Waals surface area contributed by atoms with E-state index in [4.69, 9.17) is 16.3 Å². The van der Waals surface area contributed by atoms with Crippen LogP contribution in [0.5, 0.6) is 0 Å². The van der Waals surface area contributed by atoms with Crippen LogP contribution < -0.4 is 0 Å². The van der Waals surface area contributed by atoms with E-state index in [0.29, 0.717) is 13.1 Å². The van der Waals surface area contributed by atoms with Crippen molar-refractivity contribution in [3.63, 3.8) is 0 Å². The second-order valence-electron chi connectivity index (χ2n) is 5.40. The number of carbonyl (C=O) groups excluding carboxylic acids is 2. The summed E-state index contributed by atoms with van der Waals surface area (Å²) >= 11 is 5.56. The molecule has 0 aliphatic carbocycles. The zero-order valence-corrected chi connectivity index (χ0v) is 13.5. The number of nitrogens with zero attached hydrogens (tertiary/aromatic N) is 2. The van der Waals surface area contributed by atoms with Crippen LogP contribution in [0.2, 0.25) is 0 Å². The summed E-state index contributed by atoms with van der Waals surface area (Å²) in [6, 6.07) is 9.69. The molecule has 0 radical (unpaired) electrons. The van der Waals surface area contributed by atoms with Gasteiger partial charge >= 0.3 is 6.09 Å². The minimum absolute atomic E-state index is 0.0135. The lowest BCUT2D eigenvalue weighted by Crippen LogP contribution is -2.47. The number of rotatable bonds is 4. The maximum Gasteiger partial charge on any atom is 0.410 e. The predicted octanol–water partition coefficient (Wildman–Crippen LogP) is 2.48. The van der Waals surface area contributed by atoms with Crippen molar-refractivity contribution in [2.24, 2.45) is 0 Å². The number of ether oxygens (including phenoxy) is 1. The number of piperidine rings is 1. The zero-order valence-electron chi connectivity index (χ0n) is 12.7. The normalized spacial score (nSPS) is 15.5. The fourth-order valence-electron chi connectivity index (χ4n) is 2.56. The molecule has 1 fully saturated rings. The number of hydrogen-bond donors (Lipinski definition) is 0. The van der Waals surface area contributed by atoms with Crippen molar-refractivity contribution in [3.05, 3.63) is 35.9 Å². The fourth-order valence-corrected chi connectivity index (χ4v) is 2.73.